The topological polar surface area (TPSA) is 143 Å². The van der Waals surface area contributed by atoms with Crippen LogP contribution in [0.15, 0.2) is 79.0 Å². The van der Waals surface area contributed by atoms with Gasteiger partial charge in [-0.3, -0.25) is 14.6 Å². The van der Waals surface area contributed by atoms with Crippen LogP contribution < -0.4 is 10.1 Å². The minimum absolute atomic E-state index is 0.00349. The van der Waals surface area contributed by atoms with Crippen molar-refractivity contribution in [3.05, 3.63) is 95.8 Å². The zero-order valence-corrected chi connectivity index (χ0v) is 36.3. The van der Waals surface area contributed by atoms with Gasteiger partial charge in [-0.2, -0.15) is 0 Å². The van der Waals surface area contributed by atoms with E-state index in [2.05, 4.69) is 30.2 Å². The van der Waals surface area contributed by atoms with E-state index < -0.39 is 18.1 Å². The van der Waals surface area contributed by atoms with E-state index in [1.807, 2.05) is 73.7 Å². The smallest absolute Gasteiger partial charge is 0.220 e. The monoisotopic (exact) mass is 826 g/mol. The van der Waals surface area contributed by atoms with Crippen LogP contribution in [0, 0.1) is 12.8 Å². The Labute approximate surface area is 356 Å². The summed E-state index contributed by atoms with van der Waals surface area (Å²) in [4.78, 5) is 43.2. The van der Waals surface area contributed by atoms with Crippen molar-refractivity contribution in [1.29, 1.82) is 0 Å². The maximum atomic E-state index is 13.6. The number of aliphatic hydroxyl groups is 1. The molecule has 0 saturated carbocycles. The average Bonchev–Trinajstić information content (AvgIpc) is 3.22. The normalized spacial score (nSPS) is 13.0. The first-order chi connectivity index (χ1) is 29.0. The number of carbonyl (C=O) groups excluding carboxylic acids is 3. The third-order valence-corrected chi connectivity index (χ3v) is 10.2. The Hall–Kier alpha value is -4.52. The van der Waals surface area contributed by atoms with Gasteiger partial charge in [0.15, 0.2) is 5.78 Å². The van der Waals surface area contributed by atoms with Gasteiger partial charge in [0.1, 0.15) is 24.2 Å². The first-order valence-electron chi connectivity index (χ1n) is 21.5. The van der Waals surface area contributed by atoms with Crippen molar-refractivity contribution in [3.8, 4) is 16.9 Å². The second-order valence-electron chi connectivity index (χ2n) is 15.9. The number of fused-ring (bicyclic) bond motifs is 1. The molecule has 0 spiro atoms. The summed E-state index contributed by atoms with van der Waals surface area (Å²) < 4.78 is 28.5. The van der Waals surface area contributed by atoms with Crippen molar-refractivity contribution >= 4 is 28.2 Å². The molecular weight excluding hydrogens is 761 g/mol. The number of benzene rings is 3. The van der Waals surface area contributed by atoms with Gasteiger partial charge in [-0.25, -0.2) is 0 Å². The Morgan fingerprint density at radius 3 is 1.98 bits per heavy atom. The van der Waals surface area contributed by atoms with E-state index in [1.165, 1.54) is 13.8 Å². The van der Waals surface area contributed by atoms with E-state index >= 15 is 0 Å². The summed E-state index contributed by atoms with van der Waals surface area (Å²) in [5, 5.41) is 15.3. The zero-order chi connectivity index (χ0) is 43.1. The lowest BCUT2D eigenvalue weighted by atomic mass is 9.86. The Balaban J connectivity index is 1.25. The summed E-state index contributed by atoms with van der Waals surface area (Å²) in [5.41, 5.74) is 4.96. The molecule has 0 saturated heterocycles. The lowest BCUT2D eigenvalue weighted by molar-refractivity contribution is -0.130. The molecule has 0 aliphatic heterocycles. The van der Waals surface area contributed by atoms with Crippen molar-refractivity contribution in [3.63, 3.8) is 0 Å². The number of carbonyl (C=O) groups is 3. The van der Waals surface area contributed by atoms with E-state index in [-0.39, 0.29) is 36.7 Å². The van der Waals surface area contributed by atoms with Gasteiger partial charge in [0.2, 0.25) is 5.91 Å². The minimum atomic E-state index is -1.09. The van der Waals surface area contributed by atoms with E-state index in [4.69, 9.17) is 23.7 Å². The average molecular weight is 827 g/mol. The first-order valence-corrected chi connectivity index (χ1v) is 21.5. The fraction of sp³-hybridized carbons (Fsp3) is 0.510. The van der Waals surface area contributed by atoms with Crippen molar-refractivity contribution < 1.29 is 43.2 Å². The highest BCUT2D eigenvalue weighted by Gasteiger charge is 2.29. The molecule has 4 aromatic rings. The van der Waals surface area contributed by atoms with Crippen molar-refractivity contribution in [2.75, 3.05) is 59.5 Å². The zero-order valence-electron chi connectivity index (χ0n) is 36.3. The number of nitrogens with zero attached hydrogens (tertiary/aromatic N) is 1. The number of unbranched alkanes of at least 4 members (excludes halogenated alkanes) is 1. The summed E-state index contributed by atoms with van der Waals surface area (Å²) in [6, 6.07) is 22.9. The molecule has 1 aromatic heterocycles. The van der Waals surface area contributed by atoms with Crippen molar-refractivity contribution in [2.45, 2.75) is 97.6 Å². The van der Waals surface area contributed by atoms with E-state index in [1.54, 1.807) is 6.20 Å². The van der Waals surface area contributed by atoms with Gasteiger partial charge >= 0.3 is 0 Å². The standard InChI is InChI=1S/C49H66N2O9/c1-35(2)21-23-56-24-25-57-26-27-58-28-29-59-30-31-60-47-19-18-43(44-11-7-8-12-45(44)47)40-16-14-39(15-17-40)41(33-37(4)52)34-46(54)49(38(5)53)51-48(55)13-9-6-10-42-32-36(3)20-22-50-42/h7-8,11-12,14-20,22,32,35,38,41,49,53H,6,9-10,13,21,23-31,33-34H2,1-5H3,(H,51,55)/t38-,41-,49+/m1/s1. The largest absolute Gasteiger partial charge is 0.491 e. The van der Waals surface area contributed by atoms with Gasteiger partial charge in [-0.05, 0) is 104 Å². The van der Waals surface area contributed by atoms with Crippen LogP contribution in [0.3, 0.4) is 0 Å². The molecule has 60 heavy (non-hydrogen) atoms. The highest BCUT2D eigenvalue weighted by atomic mass is 16.6. The molecule has 0 bridgehead atoms. The predicted octanol–water partition coefficient (Wildman–Crippen LogP) is 8.00. The molecule has 1 heterocycles. The Morgan fingerprint density at radius 1 is 0.733 bits per heavy atom. The fourth-order valence-electron chi connectivity index (χ4n) is 6.94. The van der Waals surface area contributed by atoms with E-state index in [9.17, 15) is 19.5 Å². The van der Waals surface area contributed by atoms with Gasteiger partial charge in [0.05, 0.1) is 52.4 Å². The summed E-state index contributed by atoms with van der Waals surface area (Å²) in [6.45, 7) is 14.1. The van der Waals surface area contributed by atoms with Crippen LogP contribution in [0.5, 0.6) is 5.75 Å². The molecule has 2 N–H and O–H groups in total. The molecule has 3 aromatic carbocycles. The van der Waals surface area contributed by atoms with Crippen LogP contribution in [0.2, 0.25) is 0 Å². The molecule has 326 valence electrons. The maximum Gasteiger partial charge on any atom is 0.220 e. The van der Waals surface area contributed by atoms with Crippen molar-refractivity contribution in [2.24, 2.45) is 5.92 Å². The van der Waals surface area contributed by atoms with Gasteiger partial charge < -0.3 is 38.9 Å². The number of aromatic nitrogens is 1. The number of nitrogens with one attached hydrogen (secondary N) is 1. The highest BCUT2D eigenvalue weighted by molar-refractivity contribution is 6.00. The van der Waals surface area contributed by atoms with E-state index in [0.717, 1.165) is 70.3 Å². The van der Waals surface area contributed by atoms with Crippen LogP contribution >= 0.6 is 0 Å². The van der Waals surface area contributed by atoms with Crippen molar-refractivity contribution in [1.82, 2.24) is 10.3 Å². The van der Waals surface area contributed by atoms with Gasteiger partial charge in [0.25, 0.3) is 0 Å². The number of hydrogen-bond donors (Lipinski definition) is 2. The van der Waals surface area contributed by atoms with Crippen LogP contribution in [0.4, 0.5) is 0 Å². The minimum Gasteiger partial charge on any atom is -0.491 e. The van der Waals surface area contributed by atoms with E-state index in [0.29, 0.717) is 65.2 Å². The quantitative estimate of drug-likeness (QED) is 0.0497. The van der Waals surface area contributed by atoms with Gasteiger partial charge in [-0.1, -0.05) is 68.4 Å². The SMILES string of the molecule is CC(=O)C[C@H](CC(=O)[C@@H](NC(=O)CCCCc1cc(C)ccn1)[C@@H](C)O)c1ccc(-c2ccc(OCCOCCOCCOCCOCCC(C)C)c3ccccc23)cc1. The molecule has 3 atom stereocenters. The fourth-order valence-corrected chi connectivity index (χ4v) is 6.94. The molecule has 4 rings (SSSR count). The molecule has 0 unspecified atom stereocenters. The number of Topliss-reactive ketones (excluding diaryl/α,β-unsaturated/α-hetero) is 2. The third kappa shape index (κ3) is 17.2. The summed E-state index contributed by atoms with van der Waals surface area (Å²) in [7, 11) is 0. The van der Waals surface area contributed by atoms with Crippen LogP contribution in [-0.4, -0.2) is 99.2 Å². The molecule has 11 heteroatoms. The number of ether oxygens (including phenoxy) is 5. The summed E-state index contributed by atoms with van der Waals surface area (Å²) >= 11 is 0. The first kappa shape index (κ1) is 48.1. The number of ketones is 2. The second kappa shape index (κ2) is 26.6. The Kier molecular flexibility index (Phi) is 21.4. The molecule has 1 amide bonds. The molecule has 0 fully saturated rings. The molecule has 0 radical (unpaired) electrons. The van der Waals surface area contributed by atoms with Gasteiger partial charge in [-0.15, -0.1) is 0 Å². The Bertz CT molecular complexity index is 1900. The summed E-state index contributed by atoms with van der Waals surface area (Å²) in [6.07, 6.45) is 4.33. The number of hydrogen-bond acceptors (Lipinski definition) is 10. The third-order valence-electron chi connectivity index (χ3n) is 10.2. The lowest BCUT2D eigenvalue weighted by Crippen LogP contribution is -2.48. The number of pyridine rings is 1. The molecular formula is C49H66N2O9. The van der Waals surface area contributed by atoms with Crippen LogP contribution in [0.25, 0.3) is 21.9 Å². The molecule has 0 aliphatic rings. The lowest BCUT2D eigenvalue weighted by Gasteiger charge is -2.23. The second-order valence-corrected chi connectivity index (χ2v) is 15.9. The number of aryl methyl sites for hydroxylation is 2. The van der Waals surface area contributed by atoms with Gasteiger partial charge in [0, 0.05) is 43.1 Å². The van der Waals surface area contributed by atoms with Crippen LogP contribution in [0.1, 0.15) is 89.0 Å². The number of amides is 1. The molecule has 11 nitrogen and oxygen atoms in total. The Morgan fingerprint density at radius 2 is 1.37 bits per heavy atom. The maximum absolute atomic E-state index is 13.6. The number of aliphatic hydroxyl groups excluding tert-OH is 1. The highest BCUT2D eigenvalue weighted by Crippen LogP contribution is 2.36. The predicted molar refractivity (Wildman–Crippen MR) is 235 cm³/mol. The summed E-state index contributed by atoms with van der Waals surface area (Å²) in [5.74, 6) is 0.345. The van der Waals surface area contributed by atoms with Crippen LogP contribution in [-0.2, 0) is 39.8 Å². The molecule has 0 aliphatic carbocycles. The number of rotatable bonds is 30.